The lowest BCUT2D eigenvalue weighted by Crippen LogP contribution is -2.52. The molecule has 4 rings (SSSR count). The van der Waals surface area contributed by atoms with Crippen LogP contribution in [0.25, 0.3) is 0 Å². The van der Waals surface area contributed by atoms with Gasteiger partial charge in [0.05, 0.1) is 0 Å². The van der Waals surface area contributed by atoms with Crippen LogP contribution in [0.2, 0.25) is 0 Å². The van der Waals surface area contributed by atoms with E-state index in [9.17, 15) is 27.6 Å². The Bertz CT molecular complexity index is 873. The number of alkyl halides is 3. The average molecular weight is 424 g/mol. The predicted molar refractivity (Wildman–Crippen MR) is 100 cm³/mol. The van der Waals surface area contributed by atoms with Crippen LogP contribution in [0.4, 0.5) is 13.2 Å². The van der Waals surface area contributed by atoms with Gasteiger partial charge in [-0.15, -0.1) is 0 Å². The van der Waals surface area contributed by atoms with E-state index in [-0.39, 0.29) is 50.7 Å². The lowest BCUT2D eigenvalue weighted by molar-refractivity contribution is -0.184. The summed E-state index contributed by atoms with van der Waals surface area (Å²) in [6.07, 6.45) is -3.87. The average Bonchev–Trinajstić information content (AvgIpc) is 2.84. The zero-order chi connectivity index (χ0) is 21.5. The summed E-state index contributed by atoms with van der Waals surface area (Å²) in [4.78, 5) is 39.1. The molecule has 2 N–H and O–H groups in total. The second kappa shape index (κ2) is 7.99. The summed E-state index contributed by atoms with van der Waals surface area (Å²) in [7, 11) is 0. The Kier molecular flexibility index (Phi) is 5.54. The quantitative estimate of drug-likeness (QED) is 0.713. The first-order chi connectivity index (χ1) is 14.2. The van der Waals surface area contributed by atoms with E-state index >= 15 is 0 Å². The summed E-state index contributed by atoms with van der Waals surface area (Å²) in [5, 5.41) is 5.26. The first-order valence-corrected chi connectivity index (χ1v) is 10.0. The lowest BCUT2D eigenvalue weighted by Gasteiger charge is -2.31. The van der Waals surface area contributed by atoms with Crippen molar-refractivity contribution in [1.82, 2.24) is 20.4 Å². The van der Waals surface area contributed by atoms with Crippen molar-refractivity contribution in [3.8, 4) is 0 Å². The Hall–Kier alpha value is -2.46. The van der Waals surface area contributed by atoms with Gasteiger partial charge in [0.25, 0.3) is 5.91 Å². The van der Waals surface area contributed by atoms with E-state index in [4.69, 9.17) is 0 Å². The van der Waals surface area contributed by atoms with Gasteiger partial charge >= 0.3 is 6.18 Å². The summed E-state index contributed by atoms with van der Waals surface area (Å²) < 4.78 is 40.5. The van der Waals surface area contributed by atoms with Crippen LogP contribution >= 0.6 is 0 Å². The van der Waals surface area contributed by atoms with Gasteiger partial charge in [-0.3, -0.25) is 24.6 Å². The molecule has 162 valence electrons. The fourth-order valence-corrected chi connectivity index (χ4v) is 4.45. The molecule has 2 fully saturated rings. The molecular formula is C20H23F3N4O3. The van der Waals surface area contributed by atoms with E-state index in [1.807, 2.05) is 0 Å². The van der Waals surface area contributed by atoms with Crippen LogP contribution < -0.4 is 10.6 Å². The van der Waals surface area contributed by atoms with E-state index in [1.54, 1.807) is 18.2 Å². The van der Waals surface area contributed by atoms with Crippen molar-refractivity contribution in [2.24, 2.45) is 0 Å². The van der Waals surface area contributed by atoms with Gasteiger partial charge in [-0.1, -0.05) is 12.1 Å². The van der Waals surface area contributed by atoms with Gasteiger partial charge in [-0.2, -0.15) is 13.2 Å². The van der Waals surface area contributed by atoms with Gasteiger partial charge in [-0.25, -0.2) is 0 Å². The number of nitrogens with zero attached hydrogens (tertiary/aromatic N) is 2. The summed E-state index contributed by atoms with van der Waals surface area (Å²) in [6.45, 7) is 1.42. The lowest BCUT2D eigenvalue weighted by atomic mass is 10.0. The van der Waals surface area contributed by atoms with Crippen molar-refractivity contribution in [1.29, 1.82) is 0 Å². The van der Waals surface area contributed by atoms with Crippen molar-refractivity contribution in [2.45, 2.75) is 50.6 Å². The van der Waals surface area contributed by atoms with E-state index < -0.39 is 24.2 Å². The van der Waals surface area contributed by atoms with Crippen LogP contribution in [-0.2, 0) is 22.7 Å². The molecule has 3 aliphatic heterocycles. The molecule has 1 aromatic rings. The molecule has 2 unspecified atom stereocenters. The molecule has 3 aliphatic rings. The molecule has 0 radical (unpaired) electrons. The smallest absolute Gasteiger partial charge is 0.322 e. The molecule has 7 nitrogen and oxygen atoms in total. The second-order valence-corrected chi connectivity index (χ2v) is 7.96. The van der Waals surface area contributed by atoms with Crippen molar-refractivity contribution >= 4 is 17.7 Å². The summed E-state index contributed by atoms with van der Waals surface area (Å²) >= 11 is 0. The van der Waals surface area contributed by atoms with E-state index in [0.29, 0.717) is 29.8 Å². The predicted octanol–water partition coefficient (Wildman–Crippen LogP) is 1.17. The van der Waals surface area contributed by atoms with Crippen molar-refractivity contribution < 1.29 is 27.6 Å². The molecule has 0 spiro atoms. The number of hydrogen-bond donors (Lipinski definition) is 2. The van der Waals surface area contributed by atoms with Crippen LogP contribution in [0.1, 0.15) is 40.7 Å². The number of halogens is 3. The number of rotatable bonds is 3. The number of benzene rings is 1. The molecule has 1 aromatic carbocycles. The first kappa shape index (κ1) is 20.8. The molecule has 3 heterocycles. The van der Waals surface area contributed by atoms with E-state index in [2.05, 4.69) is 10.6 Å². The minimum absolute atomic E-state index is 0.00375. The molecule has 30 heavy (non-hydrogen) atoms. The maximum Gasteiger partial charge on any atom is 0.404 e. The second-order valence-electron chi connectivity index (χ2n) is 7.96. The Morgan fingerprint density at radius 3 is 2.63 bits per heavy atom. The van der Waals surface area contributed by atoms with E-state index in [1.165, 1.54) is 9.80 Å². The molecular weight excluding hydrogens is 401 g/mol. The number of hydrogen-bond acceptors (Lipinski definition) is 5. The Balaban J connectivity index is 1.51. The molecule has 0 aromatic heterocycles. The number of piperidine rings is 1. The zero-order valence-electron chi connectivity index (χ0n) is 16.3. The Morgan fingerprint density at radius 1 is 1.10 bits per heavy atom. The molecule has 0 aliphatic carbocycles. The molecule has 3 amide bonds. The Labute approximate surface area is 171 Å². The van der Waals surface area contributed by atoms with Crippen LogP contribution in [0.5, 0.6) is 0 Å². The van der Waals surface area contributed by atoms with Crippen LogP contribution in [-0.4, -0.2) is 65.4 Å². The number of carbonyl (C=O) groups excluding carboxylic acids is 3. The standard InChI is InChI=1S/C20H23F3N4O3/c21-20(22,23)16-5-6-24-7-8-26(16)10-12-1-2-14-13(9-12)11-27(19(14)30)15-3-4-17(28)25-18(15)29/h1-2,9,15-16,24H,3-8,10-11H2,(H,25,28,29). The minimum atomic E-state index is -4.30. The minimum Gasteiger partial charge on any atom is -0.322 e. The number of fused-ring (bicyclic) bond motifs is 1. The highest BCUT2D eigenvalue weighted by atomic mass is 19.4. The summed E-state index contributed by atoms with van der Waals surface area (Å²) in [5.74, 6) is -1.13. The van der Waals surface area contributed by atoms with Crippen molar-refractivity contribution in [3.63, 3.8) is 0 Å². The first-order valence-electron chi connectivity index (χ1n) is 10.0. The topological polar surface area (TPSA) is 81.8 Å². The number of nitrogens with one attached hydrogen (secondary N) is 2. The maximum absolute atomic E-state index is 13.5. The Morgan fingerprint density at radius 2 is 1.90 bits per heavy atom. The zero-order valence-corrected chi connectivity index (χ0v) is 16.3. The SMILES string of the molecule is O=C1CCC(N2Cc3cc(CN4CCNCCC4C(F)(F)F)ccc3C2=O)C(=O)N1. The normalized spacial score (nSPS) is 25.8. The summed E-state index contributed by atoms with van der Waals surface area (Å²) in [5.41, 5.74) is 1.84. The van der Waals surface area contributed by atoms with E-state index in [0.717, 1.165) is 0 Å². The number of carbonyl (C=O) groups is 3. The fourth-order valence-electron chi connectivity index (χ4n) is 4.45. The van der Waals surface area contributed by atoms with Gasteiger partial charge < -0.3 is 10.2 Å². The van der Waals surface area contributed by atoms with Crippen molar-refractivity contribution in [3.05, 3.63) is 34.9 Å². The fraction of sp³-hybridized carbons (Fsp3) is 0.550. The van der Waals surface area contributed by atoms with Gasteiger partial charge in [0.1, 0.15) is 12.1 Å². The van der Waals surface area contributed by atoms with Gasteiger partial charge in [0.15, 0.2) is 0 Å². The van der Waals surface area contributed by atoms with Gasteiger partial charge in [-0.05, 0) is 36.6 Å². The maximum atomic E-state index is 13.5. The van der Waals surface area contributed by atoms with Crippen molar-refractivity contribution in [2.75, 3.05) is 19.6 Å². The third-order valence-corrected chi connectivity index (χ3v) is 5.96. The largest absolute Gasteiger partial charge is 0.404 e. The summed E-state index contributed by atoms with van der Waals surface area (Å²) in [6, 6.07) is 2.83. The number of imide groups is 1. The third kappa shape index (κ3) is 4.06. The van der Waals surface area contributed by atoms with Crippen LogP contribution in [0, 0.1) is 0 Å². The molecule has 0 saturated carbocycles. The molecule has 2 saturated heterocycles. The third-order valence-electron chi connectivity index (χ3n) is 5.96. The number of amides is 3. The molecule has 10 heteroatoms. The highest BCUT2D eigenvalue weighted by Gasteiger charge is 2.44. The highest BCUT2D eigenvalue weighted by Crippen LogP contribution is 2.31. The molecule has 0 bridgehead atoms. The monoisotopic (exact) mass is 424 g/mol. The molecule has 2 atom stereocenters. The van der Waals surface area contributed by atoms with Crippen LogP contribution in [0.15, 0.2) is 18.2 Å². The highest BCUT2D eigenvalue weighted by molar-refractivity contribution is 6.05. The van der Waals surface area contributed by atoms with Crippen LogP contribution in [0.3, 0.4) is 0 Å². The van der Waals surface area contributed by atoms with Gasteiger partial charge in [0.2, 0.25) is 11.8 Å². The van der Waals surface area contributed by atoms with Gasteiger partial charge in [0, 0.05) is 38.2 Å².